The SMILES string of the molecule is CC(C)c1ccc2c(c1OS(=O)(=O)C(F)(F)F)CC2. The van der Waals surface area contributed by atoms with E-state index in [2.05, 4.69) is 4.18 Å². The fourth-order valence-corrected chi connectivity index (χ4v) is 2.50. The molecular formula is C12H13F3O3S. The average Bonchev–Trinajstić information content (AvgIpc) is 2.17. The summed E-state index contributed by atoms with van der Waals surface area (Å²) in [5.74, 6) is -0.264. The molecule has 0 aliphatic heterocycles. The summed E-state index contributed by atoms with van der Waals surface area (Å²) >= 11 is 0. The average molecular weight is 294 g/mol. The Labute approximate surface area is 109 Å². The number of benzene rings is 1. The molecule has 0 bridgehead atoms. The minimum Gasteiger partial charge on any atom is -0.375 e. The summed E-state index contributed by atoms with van der Waals surface area (Å²) in [6.07, 6.45) is 1.27. The Morgan fingerprint density at radius 3 is 2.26 bits per heavy atom. The van der Waals surface area contributed by atoms with Crippen molar-refractivity contribution in [1.29, 1.82) is 0 Å². The summed E-state index contributed by atoms with van der Waals surface area (Å²) in [7, 11) is -5.61. The number of hydrogen-bond donors (Lipinski definition) is 0. The highest BCUT2D eigenvalue weighted by atomic mass is 32.2. The zero-order valence-electron chi connectivity index (χ0n) is 10.4. The fraction of sp³-hybridized carbons (Fsp3) is 0.500. The van der Waals surface area contributed by atoms with Crippen LogP contribution in [0, 0.1) is 0 Å². The molecule has 7 heteroatoms. The molecule has 0 heterocycles. The van der Waals surface area contributed by atoms with Crippen LogP contribution in [0.3, 0.4) is 0 Å². The quantitative estimate of drug-likeness (QED) is 0.635. The van der Waals surface area contributed by atoms with Crippen molar-refractivity contribution in [3.63, 3.8) is 0 Å². The molecule has 106 valence electrons. The molecule has 0 spiro atoms. The minimum atomic E-state index is -5.61. The molecule has 0 radical (unpaired) electrons. The van der Waals surface area contributed by atoms with Crippen LogP contribution >= 0.6 is 0 Å². The topological polar surface area (TPSA) is 43.4 Å². The van der Waals surface area contributed by atoms with Gasteiger partial charge in [-0.2, -0.15) is 21.6 Å². The first-order valence-corrected chi connectivity index (χ1v) is 7.19. The summed E-state index contributed by atoms with van der Waals surface area (Å²) < 4.78 is 63.8. The molecule has 0 fully saturated rings. The van der Waals surface area contributed by atoms with Gasteiger partial charge >= 0.3 is 15.6 Å². The number of fused-ring (bicyclic) bond motifs is 1. The van der Waals surface area contributed by atoms with Crippen LogP contribution in [0.25, 0.3) is 0 Å². The van der Waals surface area contributed by atoms with Crippen molar-refractivity contribution in [1.82, 2.24) is 0 Å². The molecule has 0 amide bonds. The Morgan fingerprint density at radius 1 is 1.21 bits per heavy atom. The van der Waals surface area contributed by atoms with Crippen molar-refractivity contribution in [2.75, 3.05) is 0 Å². The number of rotatable bonds is 3. The summed E-state index contributed by atoms with van der Waals surface area (Å²) in [6, 6.07) is 3.44. The molecule has 0 N–H and O–H groups in total. The van der Waals surface area contributed by atoms with Gasteiger partial charge in [-0.05, 0) is 35.4 Å². The number of hydrogen-bond acceptors (Lipinski definition) is 3. The molecule has 1 aromatic carbocycles. The number of halogens is 3. The lowest BCUT2D eigenvalue weighted by molar-refractivity contribution is -0.0500. The molecule has 1 aromatic rings. The van der Waals surface area contributed by atoms with Gasteiger partial charge in [0.1, 0.15) is 5.75 Å². The highest BCUT2D eigenvalue weighted by Gasteiger charge is 2.49. The Bertz CT molecular complexity index is 603. The van der Waals surface area contributed by atoms with Crippen LogP contribution < -0.4 is 4.18 Å². The second-order valence-corrected chi connectivity index (χ2v) is 6.30. The smallest absolute Gasteiger partial charge is 0.375 e. The molecule has 0 saturated heterocycles. The molecule has 1 aliphatic carbocycles. The largest absolute Gasteiger partial charge is 0.534 e. The van der Waals surface area contributed by atoms with Crippen molar-refractivity contribution in [3.05, 3.63) is 28.8 Å². The molecule has 3 nitrogen and oxygen atoms in total. The van der Waals surface area contributed by atoms with E-state index in [4.69, 9.17) is 0 Å². The standard InChI is InChI=1S/C12H13F3O3S/c1-7(2)9-5-3-8-4-6-10(8)11(9)18-19(16,17)12(13,14)15/h3,5,7H,4,6H2,1-2H3. The first kappa shape index (κ1) is 14.2. The monoisotopic (exact) mass is 294 g/mol. The van der Waals surface area contributed by atoms with Gasteiger partial charge in [-0.25, -0.2) is 0 Å². The van der Waals surface area contributed by atoms with E-state index in [1.54, 1.807) is 26.0 Å². The third kappa shape index (κ3) is 2.43. The van der Waals surface area contributed by atoms with Gasteiger partial charge in [-0.3, -0.25) is 0 Å². The molecule has 19 heavy (non-hydrogen) atoms. The third-order valence-corrected chi connectivity index (χ3v) is 4.08. The van der Waals surface area contributed by atoms with Crippen LogP contribution in [0.1, 0.15) is 36.5 Å². The van der Waals surface area contributed by atoms with E-state index < -0.39 is 15.6 Å². The van der Waals surface area contributed by atoms with Crippen molar-refractivity contribution in [2.24, 2.45) is 0 Å². The van der Waals surface area contributed by atoms with Gasteiger partial charge in [0.05, 0.1) is 0 Å². The second kappa shape index (κ2) is 4.40. The Hall–Kier alpha value is -1.24. The van der Waals surface area contributed by atoms with E-state index in [9.17, 15) is 21.6 Å². The van der Waals surface area contributed by atoms with Gasteiger partial charge < -0.3 is 4.18 Å². The summed E-state index contributed by atoms with van der Waals surface area (Å²) in [4.78, 5) is 0. The number of alkyl halides is 3. The molecule has 2 rings (SSSR count). The van der Waals surface area contributed by atoms with E-state index >= 15 is 0 Å². The summed E-state index contributed by atoms with van der Waals surface area (Å²) in [6.45, 7) is 3.54. The van der Waals surface area contributed by atoms with Crippen molar-refractivity contribution in [2.45, 2.75) is 38.1 Å². The van der Waals surface area contributed by atoms with Gasteiger partial charge in [-0.15, -0.1) is 0 Å². The van der Waals surface area contributed by atoms with Gasteiger partial charge in [0.15, 0.2) is 0 Å². The van der Waals surface area contributed by atoms with Crippen molar-refractivity contribution < 1.29 is 25.8 Å². The summed E-state index contributed by atoms with van der Waals surface area (Å²) in [5, 5.41) is 0. The van der Waals surface area contributed by atoms with Gasteiger partial charge in [0, 0.05) is 0 Å². The van der Waals surface area contributed by atoms with Crippen molar-refractivity contribution in [3.8, 4) is 5.75 Å². The normalized spacial score (nSPS) is 15.1. The first-order valence-electron chi connectivity index (χ1n) is 5.79. The minimum absolute atomic E-state index is 0.121. The highest BCUT2D eigenvalue weighted by Crippen LogP contribution is 2.40. The second-order valence-electron chi connectivity index (χ2n) is 4.76. The predicted molar refractivity (Wildman–Crippen MR) is 63.5 cm³/mol. The first-order chi connectivity index (χ1) is 8.63. The molecule has 0 aromatic heterocycles. The molecule has 0 atom stereocenters. The molecular weight excluding hydrogens is 281 g/mol. The predicted octanol–water partition coefficient (Wildman–Crippen LogP) is 3.14. The van der Waals surface area contributed by atoms with E-state index in [1.165, 1.54) is 0 Å². The molecule has 0 saturated carbocycles. The molecule has 0 unspecified atom stereocenters. The maximum atomic E-state index is 12.4. The van der Waals surface area contributed by atoms with Crippen LogP contribution in [-0.4, -0.2) is 13.9 Å². The lowest BCUT2D eigenvalue weighted by atomic mass is 9.84. The maximum absolute atomic E-state index is 12.4. The zero-order chi connectivity index (χ0) is 14.4. The number of aryl methyl sites for hydroxylation is 1. The Kier molecular flexibility index (Phi) is 3.28. The van der Waals surface area contributed by atoms with Crippen LogP contribution in [0.2, 0.25) is 0 Å². The van der Waals surface area contributed by atoms with E-state index in [-0.39, 0.29) is 11.7 Å². The Balaban J connectivity index is 2.49. The lowest BCUT2D eigenvalue weighted by Gasteiger charge is -2.25. The van der Waals surface area contributed by atoms with Crippen LogP contribution in [0.15, 0.2) is 12.1 Å². The van der Waals surface area contributed by atoms with Gasteiger partial charge in [0.25, 0.3) is 0 Å². The zero-order valence-corrected chi connectivity index (χ0v) is 11.2. The van der Waals surface area contributed by atoms with Crippen molar-refractivity contribution >= 4 is 10.1 Å². The van der Waals surface area contributed by atoms with E-state index in [0.29, 0.717) is 17.5 Å². The fourth-order valence-electron chi connectivity index (χ4n) is 1.99. The summed E-state index contributed by atoms with van der Waals surface area (Å²) in [5.41, 5.74) is -3.52. The third-order valence-electron chi connectivity index (χ3n) is 3.13. The molecule has 1 aliphatic rings. The Morgan fingerprint density at radius 2 is 1.84 bits per heavy atom. The highest BCUT2D eigenvalue weighted by molar-refractivity contribution is 7.88. The maximum Gasteiger partial charge on any atom is 0.534 e. The van der Waals surface area contributed by atoms with Crippen LogP contribution in [0.5, 0.6) is 5.75 Å². The van der Waals surface area contributed by atoms with E-state index in [1.807, 2.05) is 0 Å². The lowest BCUT2D eigenvalue weighted by Crippen LogP contribution is -2.29. The van der Waals surface area contributed by atoms with Crippen LogP contribution in [0.4, 0.5) is 13.2 Å². The van der Waals surface area contributed by atoms with Crippen LogP contribution in [-0.2, 0) is 23.0 Å². The van der Waals surface area contributed by atoms with Gasteiger partial charge in [0.2, 0.25) is 0 Å². The van der Waals surface area contributed by atoms with E-state index in [0.717, 1.165) is 12.0 Å². The van der Waals surface area contributed by atoms with Gasteiger partial charge in [-0.1, -0.05) is 26.0 Å².